The van der Waals surface area contributed by atoms with Gasteiger partial charge in [-0.15, -0.1) is 0 Å². The van der Waals surface area contributed by atoms with Crippen LogP contribution in [0, 0.1) is 0 Å². The highest BCUT2D eigenvalue weighted by molar-refractivity contribution is 7.88. The average molecular weight is 388 g/mol. The Balaban J connectivity index is 2.94. The van der Waals surface area contributed by atoms with Crippen molar-refractivity contribution in [2.75, 3.05) is 13.6 Å². The van der Waals surface area contributed by atoms with Crippen LogP contribution >= 0.6 is 34.8 Å². The SMILES string of the molecule is CC(=O)NC(=O)CN(C)S(=O)(=O)Cc1c(Cl)ccc(Cl)c1Cl. The Bertz CT molecular complexity index is 707. The maximum atomic E-state index is 12.2. The standard InChI is InChI=1S/C12H13Cl3N2O4S/c1-7(18)16-11(19)5-17(2)22(20,21)6-8-9(13)3-4-10(14)12(8)15/h3-4H,5-6H2,1-2H3,(H,16,18,19). The molecule has 0 heterocycles. The molecule has 122 valence electrons. The summed E-state index contributed by atoms with van der Waals surface area (Å²) in [6.07, 6.45) is 0. The van der Waals surface area contributed by atoms with Crippen molar-refractivity contribution in [3.63, 3.8) is 0 Å². The first-order valence-electron chi connectivity index (χ1n) is 5.91. The Kier molecular flexibility index (Phi) is 6.64. The first kappa shape index (κ1) is 19.2. The summed E-state index contributed by atoms with van der Waals surface area (Å²) < 4.78 is 25.3. The number of carbonyl (C=O) groups excluding carboxylic acids is 2. The zero-order chi connectivity index (χ0) is 17.1. The van der Waals surface area contributed by atoms with Crippen LogP contribution in [0.1, 0.15) is 12.5 Å². The summed E-state index contributed by atoms with van der Waals surface area (Å²) in [6, 6.07) is 2.88. The molecule has 0 aliphatic carbocycles. The van der Waals surface area contributed by atoms with Gasteiger partial charge in [-0.3, -0.25) is 14.9 Å². The average Bonchev–Trinajstić information content (AvgIpc) is 2.38. The molecule has 2 amide bonds. The molecule has 1 aromatic rings. The minimum Gasteiger partial charge on any atom is -0.296 e. The molecule has 10 heteroatoms. The second-order valence-electron chi connectivity index (χ2n) is 4.44. The van der Waals surface area contributed by atoms with Gasteiger partial charge >= 0.3 is 0 Å². The van der Waals surface area contributed by atoms with E-state index in [9.17, 15) is 18.0 Å². The Hall–Kier alpha value is -0.860. The number of sulfonamides is 1. The van der Waals surface area contributed by atoms with Crippen molar-refractivity contribution < 1.29 is 18.0 Å². The number of likely N-dealkylation sites (N-methyl/N-ethyl adjacent to an activating group) is 1. The Morgan fingerprint density at radius 1 is 1.18 bits per heavy atom. The topological polar surface area (TPSA) is 83.6 Å². The molecule has 22 heavy (non-hydrogen) atoms. The number of carbonyl (C=O) groups is 2. The van der Waals surface area contributed by atoms with Crippen LogP contribution in [0.4, 0.5) is 0 Å². The third-order valence-corrected chi connectivity index (χ3v) is 5.55. The van der Waals surface area contributed by atoms with Crippen LogP contribution in [0.3, 0.4) is 0 Å². The van der Waals surface area contributed by atoms with Crippen LogP contribution in [-0.2, 0) is 25.4 Å². The van der Waals surface area contributed by atoms with Crippen molar-refractivity contribution in [3.05, 3.63) is 32.8 Å². The van der Waals surface area contributed by atoms with Crippen LogP contribution in [-0.4, -0.2) is 38.1 Å². The van der Waals surface area contributed by atoms with Crippen LogP contribution in [0.25, 0.3) is 0 Å². The minimum atomic E-state index is -3.87. The molecule has 6 nitrogen and oxygen atoms in total. The Morgan fingerprint density at radius 2 is 1.73 bits per heavy atom. The van der Waals surface area contributed by atoms with Crippen LogP contribution in [0.15, 0.2) is 12.1 Å². The highest BCUT2D eigenvalue weighted by Crippen LogP contribution is 2.33. The predicted molar refractivity (Wildman–Crippen MR) is 85.5 cm³/mol. The lowest BCUT2D eigenvalue weighted by atomic mass is 10.2. The summed E-state index contributed by atoms with van der Waals surface area (Å²) in [7, 11) is -2.66. The molecule has 0 unspecified atom stereocenters. The number of hydrogen-bond acceptors (Lipinski definition) is 4. The van der Waals surface area contributed by atoms with E-state index in [2.05, 4.69) is 0 Å². The van der Waals surface area contributed by atoms with Gasteiger partial charge in [0, 0.05) is 24.6 Å². The van der Waals surface area contributed by atoms with Crippen molar-refractivity contribution in [2.45, 2.75) is 12.7 Å². The van der Waals surface area contributed by atoms with Gasteiger partial charge in [-0.25, -0.2) is 8.42 Å². The quantitative estimate of drug-likeness (QED) is 0.784. The first-order chi connectivity index (χ1) is 10.0. The van der Waals surface area contributed by atoms with Gasteiger partial charge in [0.05, 0.1) is 22.3 Å². The van der Waals surface area contributed by atoms with Gasteiger partial charge in [0.1, 0.15) is 0 Å². The number of amides is 2. The summed E-state index contributed by atoms with van der Waals surface area (Å²) in [5, 5.41) is 2.35. The third kappa shape index (κ3) is 5.10. The molecule has 0 fully saturated rings. The molecular weight excluding hydrogens is 375 g/mol. The van der Waals surface area contributed by atoms with Crippen molar-refractivity contribution >= 4 is 56.6 Å². The first-order valence-corrected chi connectivity index (χ1v) is 8.65. The maximum absolute atomic E-state index is 12.2. The van der Waals surface area contributed by atoms with E-state index in [0.29, 0.717) is 0 Å². The van der Waals surface area contributed by atoms with Gasteiger partial charge in [0.2, 0.25) is 21.8 Å². The van der Waals surface area contributed by atoms with E-state index in [1.807, 2.05) is 5.32 Å². The number of benzene rings is 1. The van der Waals surface area contributed by atoms with E-state index in [1.54, 1.807) is 0 Å². The van der Waals surface area contributed by atoms with E-state index in [-0.39, 0.29) is 20.6 Å². The second-order valence-corrected chi connectivity index (χ2v) is 7.71. The van der Waals surface area contributed by atoms with Gasteiger partial charge in [0.15, 0.2) is 0 Å². The molecule has 1 rings (SSSR count). The lowest BCUT2D eigenvalue weighted by molar-refractivity contribution is -0.129. The van der Waals surface area contributed by atoms with Crippen molar-refractivity contribution in [2.24, 2.45) is 0 Å². The molecule has 0 saturated heterocycles. The van der Waals surface area contributed by atoms with Gasteiger partial charge < -0.3 is 0 Å². The second kappa shape index (κ2) is 7.61. The fourth-order valence-corrected chi connectivity index (χ4v) is 3.57. The van der Waals surface area contributed by atoms with Gasteiger partial charge in [-0.2, -0.15) is 4.31 Å². The number of halogens is 3. The van der Waals surface area contributed by atoms with E-state index in [4.69, 9.17) is 34.8 Å². The van der Waals surface area contributed by atoms with E-state index in [1.165, 1.54) is 19.2 Å². The maximum Gasteiger partial charge on any atom is 0.241 e. The van der Waals surface area contributed by atoms with Gasteiger partial charge in [-0.05, 0) is 12.1 Å². The van der Waals surface area contributed by atoms with E-state index >= 15 is 0 Å². The molecule has 0 aliphatic rings. The summed E-state index contributed by atoms with van der Waals surface area (Å²) >= 11 is 17.7. The molecule has 0 atom stereocenters. The highest BCUT2D eigenvalue weighted by atomic mass is 35.5. The van der Waals surface area contributed by atoms with E-state index in [0.717, 1.165) is 11.2 Å². The molecule has 0 aromatic heterocycles. The van der Waals surface area contributed by atoms with Crippen LogP contribution in [0.5, 0.6) is 0 Å². The van der Waals surface area contributed by atoms with Gasteiger partial charge in [0.25, 0.3) is 0 Å². The fraction of sp³-hybridized carbons (Fsp3) is 0.333. The van der Waals surface area contributed by atoms with Crippen molar-refractivity contribution in [1.29, 1.82) is 0 Å². The zero-order valence-electron chi connectivity index (χ0n) is 11.7. The van der Waals surface area contributed by atoms with Crippen LogP contribution in [0.2, 0.25) is 15.1 Å². The molecule has 0 radical (unpaired) electrons. The largest absolute Gasteiger partial charge is 0.296 e. The number of imide groups is 1. The van der Waals surface area contributed by atoms with Crippen molar-refractivity contribution in [1.82, 2.24) is 9.62 Å². The summed E-state index contributed by atoms with van der Waals surface area (Å²) in [6.45, 7) is 0.648. The third-order valence-electron chi connectivity index (χ3n) is 2.62. The zero-order valence-corrected chi connectivity index (χ0v) is 14.8. The van der Waals surface area contributed by atoms with Gasteiger partial charge in [-0.1, -0.05) is 34.8 Å². The summed E-state index contributed by atoms with van der Waals surface area (Å²) in [5.41, 5.74) is 0.148. The number of nitrogens with zero attached hydrogens (tertiary/aromatic N) is 1. The smallest absolute Gasteiger partial charge is 0.241 e. The normalized spacial score (nSPS) is 11.5. The Labute approximate surface area is 143 Å². The molecule has 1 aromatic carbocycles. The Morgan fingerprint density at radius 3 is 2.27 bits per heavy atom. The number of rotatable bonds is 5. The summed E-state index contributed by atoms with van der Waals surface area (Å²) in [4.78, 5) is 22.2. The predicted octanol–water partition coefficient (Wildman–Crippen LogP) is 2.07. The van der Waals surface area contributed by atoms with E-state index < -0.39 is 34.1 Å². The molecule has 0 saturated carbocycles. The molecule has 1 N–H and O–H groups in total. The molecular formula is C12H13Cl3N2O4S. The lowest BCUT2D eigenvalue weighted by Crippen LogP contribution is -2.40. The molecule has 0 spiro atoms. The van der Waals surface area contributed by atoms with Crippen molar-refractivity contribution in [3.8, 4) is 0 Å². The van der Waals surface area contributed by atoms with Crippen LogP contribution < -0.4 is 5.32 Å². The fourth-order valence-electron chi connectivity index (χ4n) is 1.53. The molecule has 0 aliphatic heterocycles. The monoisotopic (exact) mass is 386 g/mol. The minimum absolute atomic E-state index is 0.0410. The lowest BCUT2D eigenvalue weighted by Gasteiger charge is -2.17. The number of hydrogen-bond donors (Lipinski definition) is 1. The number of nitrogens with one attached hydrogen (secondary N) is 1. The summed E-state index contributed by atoms with van der Waals surface area (Å²) in [5.74, 6) is -1.83. The highest BCUT2D eigenvalue weighted by Gasteiger charge is 2.24. The molecule has 0 bridgehead atoms.